The molecule has 7 heteroatoms. The lowest BCUT2D eigenvalue weighted by Crippen LogP contribution is -2.26. The monoisotopic (exact) mass is 348 g/mol. The van der Waals surface area contributed by atoms with E-state index in [1.807, 2.05) is 30.5 Å². The number of thiophene rings is 1. The molecule has 0 unspecified atom stereocenters. The van der Waals surface area contributed by atoms with Crippen molar-refractivity contribution in [1.82, 2.24) is 5.32 Å². The van der Waals surface area contributed by atoms with E-state index in [-0.39, 0.29) is 12.5 Å². The normalized spacial score (nSPS) is 10.6. The summed E-state index contributed by atoms with van der Waals surface area (Å²) in [5.74, 6) is 1.07. The molecule has 0 radical (unpaired) electrons. The Morgan fingerprint density at radius 3 is 2.92 bits per heavy atom. The standard InChI is InChI=1S/C17H20N2O4S/c1-3-22-15-7-6-13(9-16(15)21-2)10-19-23-12-17(20)18-11-14-5-4-8-24-14/h4-10H,3,11-12H2,1-2H3,(H,18,20)/b19-10+. The van der Waals surface area contributed by atoms with Gasteiger partial charge in [0.25, 0.3) is 5.91 Å². The van der Waals surface area contributed by atoms with Crippen LogP contribution >= 0.6 is 11.3 Å². The Morgan fingerprint density at radius 2 is 2.21 bits per heavy atom. The van der Waals surface area contributed by atoms with Gasteiger partial charge in [-0.15, -0.1) is 11.3 Å². The molecule has 1 heterocycles. The molecule has 0 fully saturated rings. The number of nitrogens with one attached hydrogen (secondary N) is 1. The van der Waals surface area contributed by atoms with Crippen LogP contribution in [0.3, 0.4) is 0 Å². The van der Waals surface area contributed by atoms with Crippen LogP contribution < -0.4 is 14.8 Å². The minimum Gasteiger partial charge on any atom is -0.493 e. The van der Waals surface area contributed by atoms with Crippen LogP contribution in [0.1, 0.15) is 17.4 Å². The Labute approximate surface area is 145 Å². The molecule has 0 saturated carbocycles. The van der Waals surface area contributed by atoms with Crippen LogP contribution in [-0.2, 0) is 16.2 Å². The van der Waals surface area contributed by atoms with E-state index in [2.05, 4.69) is 10.5 Å². The third kappa shape index (κ3) is 5.58. The van der Waals surface area contributed by atoms with Gasteiger partial charge in [0.1, 0.15) is 0 Å². The van der Waals surface area contributed by atoms with Gasteiger partial charge in [-0.25, -0.2) is 0 Å². The Balaban J connectivity index is 1.77. The molecule has 1 aromatic carbocycles. The van der Waals surface area contributed by atoms with Crippen LogP contribution in [0.25, 0.3) is 0 Å². The van der Waals surface area contributed by atoms with Gasteiger partial charge in [0, 0.05) is 10.4 Å². The van der Waals surface area contributed by atoms with Crippen molar-refractivity contribution >= 4 is 23.5 Å². The van der Waals surface area contributed by atoms with Crippen molar-refractivity contribution in [3.63, 3.8) is 0 Å². The van der Waals surface area contributed by atoms with Gasteiger partial charge >= 0.3 is 0 Å². The summed E-state index contributed by atoms with van der Waals surface area (Å²) in [6.07, 6.45) is 1.52. The molecule has 0 bridgehead atoms. The molecule has 1 aromatic heterocycles. The van der Waals surface area contributed by atoms with Gasteiger partial charge in [-0.05, 0) is 36.6 Å². The van der Waals surface area contributed by atoms with Crippen LogP contribution in [0.15, 0.2) is 40.9 Å². The molecule has 0 saturated heterocycles. The van der Waals surface area contributed by atoms with Gasteiger partial charge in [-0.2, -0.15) is 0 Å². The number of hydrogen-bond acceptors (Lipinski definition) is 6. The summed E-state index contributed by atoms with van der Waals surface area (Å²) >= 11 is 1.59. The zero-order chi connectivity index (χ0) is 17.2. The molecule has 1 N–H and O–H groups in total. The third-order valence-corrected chi connectivity index (χ3v) is 3.88. The van der Waals surface area contributed by atoms with Crippen molar-refractivity contribution in [2.24, 2.45) is 5.16 Å². The Hall–Kier alpha value is -2.54. The van der Waals surface area contributed by atoms with Gasteiger partial charge in [-0.1, -0.05) is 11.2 Å². The summed E-state index contributed by atoms with van der Waals surface area (Å²) in [5, 5.41) is 8.52. The van der Waals surface area contributed by atoms with Gasteiger partial charge in [0.15, 0.2) is 18.1 Å². The topological polar surface area (TPSA) is 69.2 Å². The number of benzene rings is 1. The fourth-order valence-corrected chi connectivity index (χ4v) is 2.53. The molecular weight excluding hydrogens is 328 g/mol. The molecule has 2 aromatic rings. The quantitative estimate of drug-likeness (QED) is 0.559. The van der Waals surface area contributed by atoms with Gasteiger partial charge < -0.3 is 19.6 Å². The summed E-state index contributed by atoms with van der Waals surface area (Å²) in [4.78, 5) is 17.7. The molecule has 6 nitrogen and oxygen atoms in total. The lowest BCUT2D eigenvalue weighted by molar-refractivity contribution is -0.125. The first-order chi connectivity index (χ1) is 11.7. The minimum absolute atomic E-state index is 0.129. The molecule has 0 aliphatic rings. The maximum atomic E-state index is 11.6. The van der Waals surface area contributed by atoms with Crippen molar-refractivity contribution in [3.8, 4) is 11.5 Å². The van der Waals surface area contributed by atoms with Crippen molar-refractivity contribution < 1.29 is 19.1 Å². The van der Waals surface area contributed by atoms with Crippen molar-refractivity contribution in [1.29, 1.82) is 0 Å². The average molecular weight is 348 g/mol. The number of methoxy groups -OCH3 is 1. The number of oxime groups is 1. The molecule has 0 spiro atoms. The first-order valence-electron chi connectivity index (χ1n) is 7.48. The Kier molecular flexibility index (Phi) is 7.10. The second kappa shape index (κ2) is 9.57. The van der Waals surface area contributed by atoms with E-state index in [1.165, 1.54) is 6.21 Å². The summed E-state index contributed by atoms with van der Waals surface area (Å²) < 4.78 is 10.7. The van der Waals surface area contributed by atoms with Crippen LogP contribution in [0.2, 0.25) is 0 Å². The summed E-state index contributed by atoms with van der Waals surface area (Å²) in [6.45, 7) is 2.84. The molecule has 24 heavy (non-hydrogen) atoms. The SMILES string of the molecule is CCOc1ccc(/C=N/OCC(=O)NCc2cccs2)cc1OC. The summed E-state index contributed by atoms with van der Waals surface area (Å²) in [7, 11) is 1.58. The van der Waals surface area contributed by atoms with E-state index < -0.39 is 0 Å². The number of ether oxygens (including phenoxy) is 2. The first-order valence-corrected chi connectivity index (χ1v) is 8.36. The fraction of sp³-hybridized carbons (Fsp3) is 0.294. The van der Waals surface area contributed by atoms with Crippen LogP contribution in [-0.4, -0.2) is 32.4 Å². The molecule has 128 valence electrons. The van der Waals surface area contributed by atoms with Crippen molar-refractivity contribution in [3.05, 3.63) is 46.2 Å². The van der Waals surface area contributed by atoms with Gasteiger partial charge in [0.05, 0.1) is 26.5 Å². The largest absolute Gasteiger partial charge is 0.493 e. The third-order valence-electron chi connectivity index (χ3n) is 3.00. The number of carbonyl (C=O) groups is 1. The van der Waals surface area contributed by atoms with Crippen molar-refractivity contribution in [2.75, 3.05) is 20.3 Å². The Bertz CT molecular complexity index is 671. The van der Waals surface area contributed by atoms with Crippen molar-refractivity contribution in [2.45, 2.75) is 13.5 Å². The van der Waals surface area contributed by atoms with Crippen LogP contribution in [0.4, 0.5) is 0 Å². The van der Waals surface area contributed by atoms with E-state index in [0.717, 1.165) is 10.4 Å². The molecular formula is C17H20N2O4S. The summed E-state index contributed by atoms with van der Waals surface area (Å²) in [5.41, 5.74) is 0.786. The van der Waals surface area contributed by atoms with Crippen LogP contribution in [0, 0.1) is 0 Å². The summed E-state index contributed by atoms with van der Waals surface area (Å²) in [6, 6.07) is 9.32. The van der Waals surface area contributed by atoms with E-state index in [1.54, 1.807) is 30.6 Å². The molecule has 0 aliphatic heterocycles. The van der Waals surface area contributed by atoms with E-state index in [9.17, 15) is 4.79 Å². The lowest BCUT2D eigenvalue weighted by Gasteiger charge is -2.09. The maximum Gasteiger partial charge on any atom is 0.261 e. The second-order valence-corrected chi connectivity index (χ2v) is 5.74. The first kappa shape index (κ1) is 17.8. The number of amides is 1. The van der Waals surface area contributed by atoms with Gasteiger partial charge in [-0.3, -0.25) is 4.79 Å². The highest BCUT2D eigenvalue weighted by Crippen LogP contribution is 2.27. The molecule has 0 atom stereocenters. The molecule has 1 amide bonds. The zero-order valence-electron chi connectivity index (χ0n) is 13.7. The van der Waals surface area contributed by atoms with Gasteiger partial charge in [0.2, 0.25) is 0 Å². The zero-order valence-corrected chi connectivity index (χ0v) is 14.5. The highest BCUT2D eigenvalue weighted by atomic mass is 32.1. The fourth-order valence-electron chi connectivity index (χ4n) is 1.88. The predicted molar refractivity (Wildman–Crippen MR) is 93.9 cm³/mol. The minimum atomic E-state index is -0.218. The maximum absolute atomic E-state index is 11.6. The average Bonchev–Trinajstić information content (AvgIpc) is 3.11. The predicted octanol–water partition coefficient (Wildman–Crippen LogP) is 2.82. The van der Waals surface area contributed by atoms with E-state index >= 15 is 0 Å². The number of nitrogens with zero attached hydrogens (tertiary/aromatic N) is 1. The lowest BCUT2D eigenvalue weighted by atomic mass is 10.2. The number of hydrogen-bond donors (Lipinski definition) is 1. The molecule has 2 rings (SSSR count). The van der Waals surface area contributed by atoms with E-state index in [0.29, 0.717) is 24.7 Å². The smallest absolute Gasteiger partial charge is 0.261 e. The Morgan fingerprint density at radius 1 is 1.33 bits per heavy atom. The highest BCUT2D eigenvalue weighted by Gasteiger charge is 2.05. The molecule has 0 aliphatic carbocycles. The van der Waals surface area contributed by atoms with E-state index in [4.69, 9.17) is 14.3 Å². The second-order valence-electron chi connectivity index (χ2n) is 4.71. The number of carbonyl (C=O) groups excluding carboxylic acids is 1. The highest BCUT2D eigenvalue weighted by molar-refractivity contribution is 7.09. The number of rotatable bonds is 9. The van der Waals surface area contributed by atoms with Crippen LogP contribution in [0.5, 0.6) is 11.5 Å².